The number of rotatable bonds is 22. The number of nitrogens with two attached hydrogens (primary N) is 2. The lowest BCUT2D eigenvalue weighted by Crippen LogP contribution is -2.57. The van der Waals surface area contributed by atoms with Gasteiger partial charge < -0.3 is 58.6 Å². The number of phenols is 1. The van der Waals surface area contributed by atoms with Gasteiger partial charge >= 0.3 is 5.97 Å². The molecular formula is C41H49N9O10. The lowest BCUT2D eigenvalue weighted by atomic mass is 10.0. The molecule has 7 amide bonds. The van der Waals surface area contributed by atoms with Crippen LogP contribution in [0.2, 0.25) is 0 Å². The van der Waals surface area contributed by atoms with Crippen LogP contribution < -0.4 is 43.4 Å². The van der Waals surface area contributed by atoms with Crippen molar-refractivity contribution in [2.75, 3.05) is 13.1 Å². The summed E-state index contributed by atoms with van der Waals surface area (Å²) in [4.78, 5) is 105. The van der Waals surface area contributed by atoms with Crippen molar-refractivity contribution in [3.8, 4) is 5.75 Å². The maximum atomic E-state index is 13.7. The molecule has 0 radical (unpaired) electrons. The van der Waals surface area contributed by atoms with Crippen LogP contribution in [0.3, 0.4) is 0 Å². The highest BCUT2D eigenvalue weighted by Gasteiger charge is 2.29. The van der Waals surface area contributed by atoms with Crippen molar-refractivity contribution in [1.29, 1.82) is 0 Å². The molecule has 1 aromatic heterocycles. The number of phenolic OH excluding ortho intramolecular Hbond substituents is 1. The van der Waals surface area contributed by atoms with Crippen LogP contribution in [0.15, 0.2) is 85.1 Å². The third kappa shape index (κ3) is 14.3. The summed E-state index contributed by atoms with van der Waals surface area (Å²) in [6.45, 7) is 0.192. The van der Waals surface area contributed by atoms with Crippen molar-refractivity contribution in [1.82, 2.24) is 36.9 Å². The largest absolute Gasteiger partial charge is 0.508 e. The number of aliphatic carboxylic acids is 1. The summed E-state index contributed by atoms with van der Waals surface area (Å²) in [5.74, 6) is -6.65. The summed E-state index contributed by atoms with van der Waals surface area (Å²) in [7, 11) is 0. The molecule has 3 aromatic carbocycles. The second-order valence-electron chi connectivity index (χ2n) is 14.0. The minimum atomic E-state index is -1.44. The first-order valence-electron chi connectivity index (χ1n) is 19.0. The number of aromatic amines is 1. The molecule has 0 spiro atoms. The van der Waals surface area contributed by atoms with Crippen molar-refractivity contribution >= 4 is 58.2 Å². The molecule has 4 aromatic rings. The van der Waals surface area contributed by atoms with Crippen LogP contribution in [0.4, 0.5) is 0 Å². The number of fused-ring (bicyclic) bond motifs is 1. The Morgan fingerprint density at radius 2 is 1.23 bits per heavy atom. The summed E-state index contributed by atoms with van der Waals surface area (Å²) < 4.78 is 0. The first-order chi connectivity index (χ1) is 28.6. The summed E-state index contributed by atoms with van der Waals surface area (Å²) in [6, 6.07) is 15.9. The second kappa shape index (κ2) is 22.0. The zero-order chi connectivity index (χ0) is 43.8. The first-order valence-corrected chi connectivity index (χ1v) is 19.0. The topological polar surface area (TPSA) is 317 Å². The molecule has 13 N–H and O–H groups in total. The Bertz CT molecular complexity index is 2160. The fourth-order valence-corrected chi connectivity index (χ4v) is 6.07. The quantitative estimate of drug-likeness (QED) is 0.0446. The number of primary amides is 1. The zero-order valence-corrected chi connectivity index (χ0v) is 32.7. The smallest absolute Gasteiger partial charge is 0.326 e. The maximum absolute atomic E-state index is 13.7. The summed E-state index contributed by atoms with van der Waals surface area (Å²) in [6.07, 6.45) is 1.19. The molecule has 0 saturated heterocycles. The van der Waals surface area contributed by atoms with Gasteiger partial charge in [0, 0.05) is 36.4 Å². The summed E-state index contributed by atoms with van der Waals surface area (Å²) in [5, 5.41) is 34.5. The SMILES string of the molecule is C[C@H](NC(=O)[C@H](Cc1ccccc1)NC(=O)CNC(=O)[C@@H](N)Cc1ccc(O)cc1)C(=O)N[C@@H](Cc1c[nH]c2ccccc12)C(=O)NCC(=O)N[C@@H](CCC(N)=O)C(=O)O. The van der Waals surface area contributed by atoms with Crippen LogP contribution in [0.5, 0.6) is 5.75 Å². The van der Waals surface area contributed by atoms with Crippen LogP contribution in [0.1, 0.15) is 36.5 Å². The highest BCUT2D eigenvalue weighted by atomic mass is 16.4. The number of benzene rings is 3. The number of hydrogen-bond acceptors (Lipinski definition) is 10. The van der Waals surface area contributed by atoms with E-state index >= 15 is 0 Å². The van der Waals surface area contributed by atoms with E-state index < -0.39 is 90.6 Å². The van der Waals surface area contributed by atoms with Gasteiger partial charge in [-0.25, -0.2) is 4.79 Å². The van der Waals surface area contributed by atoms with Gasteiger partial charge in [0.25, 0.3) is 0 Å². The fraction of sp³-hybridized carbons (Fsp3) is 0.317. The average molecular weight is 828 g/mol. The van der Waals surface area contributed by atoms with Gasteiger partial charge in [0.15, 0.2) is 0 Å². The third-order valence-corrected chi connectivity index (χ3v) is 9.31. The molecule has 19 nitrogen and oxygen atoms in total. The predicted molar refractivity (Wildman–Crippen MR) is 217 cm³/mol. The van der Waals surface area contributed by atoms with E-state index in [2.05, 4.69) is 36.9 Å². The molecule has 0 fully saturated rings. The second-order valence-corrected chi connectivity index (χ2v) is 14.0. The average Bonchev–Trinajstić information content (AvgIpc) is 3.63. The number of amides is 7. The summed E-state index contributed by atoms with van der Waals surface area (Å²) in [5.41, 5.74) is 13.9. The third-order valence-electron chi connectivity index (χ3n) is 9.31. The maximum Gasteiger partial charge on any atom is 0.326 e. The molecule has 4 rings (SSSR count). The Hall–Kier alpha value is -7.28. The Balaban J connectivity index is 1.41. The zero-order valence-electron chi connectivity index (χ0n) is 32.7. The highest BCUT2D eigenvalue weighted by molar-refractivity contribution is 5.96. The molecule has 0 unspecified atom stereocenters. The van der Waals surface area contributed by atoms with E-state index in [1.54, 1.807) is 54.7 Å². The summed E-state index contributed by atoms with van der Waals surface area (Å²) >= 11 is 0. The van der Waals surface area contributed by atoms with Gasteiger partial charge in [0.1, 0.15) is 29.9 Å². The van der Waals surface area contributed by atoms with Gasteiger partial charge in [-0.15, -0.1) is 0 Å². The van der Waals surface area contributed by atoms with Crippen molar-refractivity contribution in [2.45, 2.75) is 69.2 Å². The lowest BCUT2D eigenvalue weighted by molar-refractivity contribution is -0.142. The van der Waals surface area contributed by atoms with E-state index in [0.717, 1.165) is 10.9 Å². The number of hydrogen-bond donors (Lipinski definition) is 11. The van der Waals surface area contributed by atoms with E-state index in [1.165, 1.54) is 19.1 Å². The number of H-pyrrole nitrogens is 1. The van der Waals surface area contributed by atoms with Gasteiger partial charge in [-0.2, -0.15) is 0 Å². The predicted octanol–water partition coefficient (Wildman–Crippen LogP) is -1.23. The van der Waals surface area contributed by atoms with Gasteiger partial charge in [-0.1, -0.05) is 60.7 Å². The minimum absolute atomic E-state index is 0.0139. The first kappa shape index (κ1) is 45.4. The number of carbonyl (C=O) groups is 8. The van der Waals surface area contributed by atoms with Gasteiger partial charge in [-0.05, 0) is 54.7 Å². The Morgan fingerprint density at radius 1 is 0.650 bits per heavy atom. The highest BCUT2D eigenvalue weighted by Crippen LogP contribution is 2.19. The molecule has 0 aliphatic carbocycles. The number of aromatic nitrogens is 1. The molecule has 318 valence electrons. The Kier molecular flexibility index (Phi) is 16.7. The standard InChI is InChI=1S/C41H49N9O10/c1-23(47-40(58)32(18-24-7-3-2-4-8-24)49-36(54)21-45-38(56)29(42)17-25-11-13-27(51)14-12-25)37(55)50-33(19-26-20-44-30-10-6-5-9-28(26)30)39(57)46-22-35(53)48-31(41(59)60)15-16-34(43)52/h2-14,20,23,29,31-33,44,51H,15-19,21-22,42H2,1H3,(H2,43,52)(H,45,56)(H,46,57)(H,47,58)(H,48,53)(H,49,54)(H,50,55)(H,59,60)/t23-,29-,31-,32-,33-/m0/s1. The molecule has 0 saturated carbocycles. The van der Waals surface area contributed by atoms with E-state index in [-0.39, 0.29) is 37.9 Å². The van der Waals surface area contributed by atoms with Crippen molar-refractivity contribution in [3.05, 3.63) is 102 Å². The number of carboxylic acid groups (broad SMARTS) is 1. The number of para-hydroxylation sites is 1. The van der Waals surface area contributed by atoms with Crippen LogP contribution in [0, 0.1) is 0 Å². The van der Waals surface area contributed by atoms with Gasteiger partial charge in [-0.3, -0.25) is 33.6 Å². The minimum Gasteiger partial charge on any atom is -0.508 e. The van der Waals surface area contributed by atoms with Crippen molar-refractivity contribution in [2.24, 2.45) is 11.5 Å². The van der Waals surface area contributed by atoms with Crippen molar-refractivity contribution in [3.63, 3.8) is 0 Å². The molecule has 19 heteroatoms. The molecule has 1 heterocycles. The molecule has 0 bridgehead atoms. The van der Waals surface area contributed by atoms with Crippen molar-refractivity contribution < 1.29 is 48.6 Å². The van der Waals surface area contributed by atoms with E-state index in [1.807, 2.05) is 18.2 Å². The Morgan fingerprint density at radius 3 is 1.88 bits per heavy atom. The lowest BCUT2D eigenvalue weighted by Gasteiger charge is -2.24. The van der Waals surface area contributed by atoms with Crippen LogP contribution >= 0.6 is 0 Å². The number of carboxylic acids is 1. The van der Waals surface area contributed by atoms with E-state index in [4.69, 9.17) is 11.5 Å². The van der Waals surface area contributed by atoms with Crippen LogP contribution in [-0.4, -0.2) is 106 Å². The molecule has 5 atom stereocenters. The Labute approximate surface area is 344 Å². The van der Waals surface area contributed by atoms with Crippen LogP contribution in [0.25, 0.3) is 10.9 Å². The fourth-order valence-electron chi connectivity index (χ4n) is 6.07. The van der Waals surface area contributed by atoms with E-state index in [9.17, 15) is 48.6 Å². The van der Waals surface area contributed by atoms with Gasteiger partial charge in [0.05, 0.1) is 19.1 Å². The molecule has 0 aliphatic rings. The number of carbonyl (C=O) groups excluding carboxylic acids is 7. The monoisotopic (exact) mass is 827 g/mol. The molecule has 60 heavy (non-hydrogen) atoms. The number of nitrogens with one attached hydrogen (secondary N) is 7. The number of aromatic hydroxyl groups is 1. The normalized spacial score (nSPS) is 13.4. The molecule has 0 aliphatic heterocycles. The molecular weight excluding hydrogens is 779 g/mol. The van der Waals surface area contributed by atoms with Gasteiger partial charge in [0.2, 0.25) is 41.4 Å². The van der Waals surface area contributed by atoms with E-state index in [0.29, 0.717) is 16.7 Å². The van der Waals surface area contributed by atoms with Crippen LogP contribution in [-0.2, 0) is 57.6 Å².